The third kappa shape index (κ3) is 3.51. The Bertz CT molecular complexity index is 1490. The quantitative estimate of drug-likeness (QED) is 0.485. The minimum absolute atomic E-state index is 0.366. The van der Waals surface area contributed by atoms with Crippen molar-refractivity contribution in [3.8, 4) is 0 Å². The fraction of sp³-hybridized carbons (Fsp3) is 0.161. The van der Waals surface area contributed by atoms with Crippen molar-refractivity contribution in [3.63, 3.8) is 0 Å². The summed E-state index contributed by atoms with van der Waals surface area (Å²) >= 11 is 0. The molecule has 158 valence electrons. The largest absolute Gasteiger partial charge is 0.202 e. The highest BCUT2D eigenvalue weighted by molar-refractivity contribution is 8.22. The summed E-state index contributed by atoms with van der Waals surface area (Å²) in [7, 11) is -0.366. The molecule has 0 bridgehead atoms. The Morgan fingerprint density at radius 2 is 1.53 bits per heavy atom. The zero-order valence-corrected chi connectivity index (χ0v) is 19.2. The Kier molecular flexibility index (Phi) is 5.21. The van der Waals surface area contributed by atoms with Crippen LogP contribution < -0.4 is 10.4 Å². The van der Waals surface area contributed by atoms with E-state index in [1.807, 2.05) is 0 Å². The Hall–Kier alpha value is -3.03. The maximum atomic E-state index is 2.46. The Labute approximate surface area is 192 Å². The van der Waals surface area contributed by atoms with Gasteiger partial charge in [-0.3, -0.25) is 0 Å². The fourth-order valence-corrected chi connectivity index (χ4v) is 7.66. The van der Waals surface area contributed by atoms with Crippen LogP contribution in [0.15, 0.2) is 101 Å². The van der Waals surface area contributed by atoms with Gasteiger partial charge in [-0.15, -0.1) is 0 Å². The summed E-state index contributed by atoms with van der Waals surface area (Å²) in [5.41, 5.74) is 6.18. The first-order valence-electron chi connectivity index (χ1n) is 11.7. The summed E-state index contributed by atoms with van der Waals surface area (Å²) in [5.74, 6) is 1.12. The highest BCUT2D eigenvalue weighted by Gasteiger charge is 2.20. The molecule has 32 heavy (non-hydrogen) atoms. The highest BCUT2D eigenvalue weighted by Crippen LogP contribution is 2.47. The molecule has 3 aromatic carbocycles. The van der Waals surface area contributed by atoms with Crippen molar-refractivity contribution >= 4 is 22.5 Å². The molecule has 2 aliphatic carbocycles. The molecule has 0 nitrogen and oxygen atoms in total. The second-order valence-corrected chi connectivity index (χ2v) is 10.9. The molecule has 3 aliphatic rings. The van der Waals surface area contributed by atoms with Crippen LogP contribution in [0.2, 0.25) is 0 Å². The monoisotopic (exact) mass is 432 g/mol. The van der Waals surface area contributed by atoms with Gasteiger partial charge in [0.15, 0.2) is 0 Å². The van der Waals surface area contributed by atoms with Gasteiger partial charge in [0.2, 0.25) is 0 Å². The standard InChI is InChI=1S/C31H28S/c1-3-10-23(11-4-1)22-32-21-8-2-5-16-31(32)30-15-9-14-26-28-18-17-24-12-6-7-13-25(24)27(28)19-20-29(26)30/h1-8,10-13,16-17,19-21,32H,9,14-15,18,22H2. The van der Waals surface area contributed by atoms with Crippen LogP contribution in [0.5, 0.6) is 0 Å². The third-order valence-electron chi connectivity index (χ3n) is 6.94. The predicted octanol–water partition coefficient (Wildman–Crippen LogP) is 5.97. The lowest BCUT2D eigenvalue weighted by molar-refractivity contribution is 0.811. The second kappa shape index (κ2) is 8.48. The van der Waals surface area contributed by atoms with Crippen molar-refractivity contribution in [2.24, 2.45) is 0 Å². The summed E-state index contributed by atoms with van der Waals surface area (Å²) in [5, 5.41) is 8.20. The molecule has 1 aliphatic heterocycles. The van der Waals surface area contributed by atoms with Gasteiger partial charge in [0.25, 0.3) is 0 Å². The number of thiol groups is 1. The minimum atomic E-state index is -0.366. The lowest BCUT2D eigenvalue weighted by atomic mass is 9.85. The molecule has 6 rings (SSSR count). The van der Waals surface area contributed by atoms with E-state index in [9.17, 15) is 0 Å². The molecular formula is C31H28S. The van der Waals surface area contributed by atoms with E-state index >= 15 is 0 Å². The van der Waals surface area contributed by atoms with Crippen LogP contribution in [0.25, 0.3) is 11.6 Å². The van der Waals surface area contributed by atoms with Crippen LogP contribution in [-0.4, -0.2) is 0 Å². The molecule has 0 N–H and O–H groups in total. The molecule has 1 atom stereocenters. The van der Waals surface area contributed by atoms with Crippen molar-refractivity contribution in [1.29, 1.82) is 0 Å². The number of hydrogen-bond donors (Lipinski definition) is 1. The van der Waals surface area contributed by atoms with Gasteiger partial charge in [0.05, 0.1) is 0 Å². The summed E-state index contributed by atoms with van der Waals surface area (Å²) in [6.45, 7) is 0. The molecule has 1 heteroatoms. The van der Waals surface area contributed by atoms with Crippen molar-refractivity contribution in [2.45, 2.75) is 31.4 Å². The Morgan fingerprint density at radius 3 is 2.47 bits per heavy atom. The Morgan fingerprint density at radius 1 is 0.688 bits per heavy atom. The zero-order valence-electron chi connectivity index (χ0n) is 18.3. The smallest absolute Gasteiger partial charge is 0.00722 e. The Balaban J connectivity index is 1.54. The zero-order chi connectivity index (χ0) is 21.3. The molecule has 1 unspecified atom stereocenters. The van der Waals surface area contributed by atoms with Crippen molar-refractivity contribution in [3.05, 3.63) is 139 Å². The normalized spacial score (nSPS) is 19.8. The average molecular weight is 433 g/mol. The molecular weight excluding hydrogens is 404 g/mol. The number of benzene rings is 3. The van der Waals surface area contributed by atoms with E-state index in [4.69, 9.17) is 0 Å². The van der Waals surface area contributed by atoms with Crippen LogP contribution in [0.4, 0.5) is 0 Å². The van der Waals surface area contributed by atoms with Gasteiger partial charge in [-0.25, -0.2) is 10.9 Å². The lowest BCUT2D eigenvalue weighted by Crippen LogP contribution is -2.23. The second-order valence-electron chi connectivity index (χ2n) is 8.84. The molecule has 3 aromatic rings. The van der Waals surface area contributed by atoms with Gasteiger partial charge in [0.1, 0.15) is 0 Å². The van der Waals surface area contributed by atoms with E-state index in [1.165, 1.54) is 45.7 Å². The maximum Gasteiger partial charge on any atom is 0.00722 e. The number of allylic oxidation sites excluding steroid dienone is 5. The van der Waals surface area contributed by atoms with Crippen molar-refractivity contribution in [1.82, 2.24) is 0 Å². The first-order valence-corrected chi connectivity index (χ1v) is 13.3. The van der Waals surface area contributed by atoms with Gasteiger partial charge >= 0.3 is 0 Å². The van der Waals surface area contributed by atoms with Crippen LogP contribution in [0, 0.1) is 10.4 Å². The van der Waals surface area contributed by atoms with Gasteiger partial charge in [-0.05, 0) is 85.2 Å². The van der Waals surface area contributed by atoms with E-state index in [-0.39, 0.29) is 10.9 Å². The van der Waals surface area contributed by atoms with Gasteiger partial charge in [-0.1, -0.05) is 91.0 Å². The van der Waals surface area contributed by atoms with Crippen LogP contribution in [-0.2, 0) is 18.6 Å². The summed E-state index contributed by atoms with van der Waals surface area (Å²) < 4.78 is 0. The highest BCUT2D eigenvalue weighted by atomic mass is 32.2. The molecule has 0 amide bonds. The first-order chi connectivity index (χ1) is 15.9. The lowest BCUT2D eigenvalue weighted by Gasteiger charge is -2.27. The fourth-order valence-electron chi connectivity index (χ4n) is 5.45. The van der Waals surface area contributed by atoms with Gasteiger partial charge in [0, 0.05) is 5.75 Å². The molecule has 0 radical (unpaired) electrons. The number of fused-ring (bicyclic) bond motifs is 4. The molecule has 0 saturated heterocycles. The number of hydrogen-bond acceptors (Lipinski definition) is 0. The van der Waals surface area contributed by atoms with E-state index < -0.39 is 0 Å². The predicted molar refractivity (Wildman–Crippen MR) is 140 cm³/mol. The summed E-state index contributed by atoms with van der Waals surface area (Å²) in [6.07, 6.45) is 16.2. The first kappa shape index (κ1) is 19.6. The summed E-state index contributed by atoms with van der Waals surface area (Å²) in [4.78, 5) is 1.56. The molecule has 0 spiro atoms. The molecule has 0 fully saturated rings. The average Bonchev–Trinajstić information content (AvgIpc) is 3.09. The van der Waals surface area contributed by atoms with Crippen LogP contribution in [0.3, 0.4) is 0 Å². The molecule has 0 aromatic heterocycles. The van der Waals surface area contributed by atoms with Crippen LogP contribution in [0.1, 0.15) is 29.5 Å². The molecule has 0 saturated carbocycles. The van der Waals surface area contributed by atoms with Crippen molar-refractivity contribution in [2.75, 3.05) is 0 Å². The SMILES string of the molecule is C1=CC=C(C2=c3ccc4c(c3CCC2)CC=c2ccccc2=4)[SH](Cc2ccccc2)C=C1. The van der Waals surface area contributed by atoms with E-state index in [0.29, 0.717) is 0 Å². The van der Waals surface area contributed by atoms with E-state index in [1.54, 1.807) is 21.6 Å². The third-order valence-corrected chi connectivity index (χ3v) is 9.22. The van der Waals surface area contributed by atoms with Crippen molar-refractivity contribution < 1.29 is 0 Å². The molecule has 1 heterocycles. The minimum Gasteiger partial charge on any atom is -0.202 e. The topological polar surface area (TPSA) is 0 Å². The van der Waals surface area contributed by atoms with Crippen LogP contribution >= 0.6 is 10.9 Å². The number of rotatable bonds is 3. The van der Waals surface area contributed by atoms with Gasteiger partial charge < -0.3 is 0 Å². The maximum absolute atomic E-state index is 2.46. The van der Waals surface area contributed by atoms with E-state index in [0.717, 1.165) is 12.2 Å². The van der Waals surface area contributed by atoms with E-state index in [2.05, 4.69) is 103 Å². The summed E-state index contributed by atoms with van der Waals surface area (Å²) in [6, 6.07) is 24.7. The van der Waals surface area contributed by atoms with Gasteiger partial charge in [-0.2, -0.15) is 0 Å².